The van der Waals surface area contributed by atoms with Crippen molar-refractivity contribution < 1.29 is 9.18 Å². The number of rotatable bonds is 8. The molecule has 1 atom stereocenters. The highest BCUT2D eigenvalue weighted by Crippen LogP contribution is 2.40. The predicted octanol–water partition coefficient (Wildman–Crippen LogP) is 3.92. The lowest BCUT2D eigenvalue weighted by atomic mass is 10.0. The molecule has 25 heavy (non-hydrogen) atoms. The fourth-order valence-corrected chi connectivity index (χ4v) is 3.19. The number of amides is 1. The zero-order valence-corrected chi connectivity index (χ0v) is 14.6. The molecule has 0 bridgehead atoms. The Kier molecular flexibility index (Phi) is 5.82. The van der Waals surface area contributed by atoms with Crippen molar-refractivity contribution in [2.45, 2.75) is 32.4 Å². The molecule has 1 saturated carbocycles. The van der Waals surface area contributed by atoms with E-state index in [0.717, 1.165) is 5.56 Å². The molecule has 0 radical (unpaired) electrons. The minimum Gasteiger partial charge on any atom is -0.338 e. The molecule has 2 aromatic rings. The smallest absolute Gasteiger partial charge is 0.236 e. The van der Waals surface area contributed by atoms with Crippen LogP contribution >= 0.6 is 0 Å². The summed E-state index contributed by atoms with van der Waals surface area (Å²) in [4.78, 5) is 14.4. The molecule has 0 heterocycles. The summed E-state index contributed by atoms with van der Waals surface area (Å²) in [6, 6.07) is 17.0. The number of hydrogen-bond acceptors (Lipinski definition) is 2. The van der Waals surface area contributed by atoms with Crippen LogP contribution in [-0.2, 0) is 11.3 Å². The molecule has 1 amide bonds. The van der Waals surface area contributed by atoms with E-state index >= 15 is 0 Å². The highest BCUT2D eigenvalue weighted by Gasteiger charge is 2.32. The first-order valence-electron chi connectivity index (χ1n) is 8.98. The van der Waals surface area contributed by atoms with Gasteiger partial charge in [-0.25, -0.2) is 4.39 Å². The summed E-state index contributed by atoms with van der Waals surface area (Å²) in [6.07, 6.45) is 2.42. The molecule has 3 nitrogen and oxygen atoms in total. The number of halogens is 1. The maximum Gasteiger partial charge on any atom is 0.236 e. The molecule has 1 aliphatic rings. The molecule has 4 heteroatoms. The van der Waals surface area contributed by atoms with Gasteiger partial charge in [0, 0.05) is 19.1 Å². The van der Waals surface area contributed by atoms with E-state index in [-0.39, 0.29) is 17.8 Å². The minimum absolute atomic E-state index is 0.0494. The number of nitrogens with one attached hydrogen (secondary N) is 1. The first-order valence-corrected chi connectivity index (χ1v) is 8.98. The molecule has 0 aromatic heterocycles. The van der Waals surface area contributed by atoms with Crippen LogP contribution in [-0.4, -0.2) is 23.9 Å². The molecule has 0 saturated heterocycles. The summed E-state index contributed by atoms with van der Waals surface area (Å²) in [6.45, 7) is 3.30. The van der Waals surface area contributed by atoms with Crippen molar-refractivity contribution in [2.24, 2.45) is 5.92 Å². The van der Waals surface area contributed by atoms with Crippen molar-refractivity contribution in [2.75, 3.05) is 13.1 Å². The number of likely N-dealkylation sites (N-methyl/N-ethyl adjacent to an activating group) is 1. The molecule has 2 aromatic carbocycles. The third kappa shape index (κ3) is 4.89. The average Bonchev–Trinajstić information content (AvgIpc) is 3.46. The van der Waals surface area contributed by atoms with Crippen molar-refractivity contribution in [3.63, 3.8) is 0 Å². The van der Waals surface area contributed by atoms with Gasteiger partial charge in [-0.3, -0.25) is 4.79 Å². The van der Waals surface area contributed by atoms with Crippen LogP contribution in [0.15, 0.2) is 54.6 Å². The molecular formula is C21H25FN2O. The Balaban J connectivity index is 1.59. The number of hydrogen-bond donors (Lipinski definition) is 1. The summed E-state index contributed by atoms with van der Waals surface area (Å²) in [5.41, 5.74) is 2.06. The Morgan fingerprint density at radius 1 is 1.20 bits per heavy atom. The number of nitrogens with zero attached hydrogens (tertiary/aromatic N) is 1. The van der Waals surface area contributed by atoms with Crippen LogP contribution in [0.5, 0.6) is 0 Å². The standard InChI is InChI=1S/C21H25FN2O/c1-2-24(15-16-7-6-10-19(22)13-16)20(25)14-23-21(18-11-12-18)17-8-4-3-5-9-17/h3-10,13,18,21,23H,2,11-12,14-15H2,1H3. The lowest BCUT2D eigenvalue weighted by molar-refractivity contribution is -0.130. The summed E-state index contributed by atoms with van der Waals surface area (Å²) in [7, 11) is 0. The van der Waals surface area contributed by atoms with E-state index in [4.69, 9.17) is 0 Å². The van der Waals surface area contributed by atoms with Crippen molar-refractivity contribution in [1.82, 2.24) is 10.2 Å². The highest BCUT2D eigenvalue weighted by molar-refractivity contribution is 5.78. The van der Waals surface area contributed by atoms with Crippen LogP contribution in [0.25, 0.3) is 0 Å². The van der Waals surface area contributed by atoms with Crippen LogP contribution in [0, 0.1) is 11.7 Å². The zero-order chi connectivity index (χ0) is 17.6. The summed E-state index contributed by atoms with van der Waals surface area (Å²) in [5.74, 6) is 0.402. The second-order valence-corrected chi connectivity index (χ2v) is 6.64. The Morgan fingerprint density at radius 2 is 1.96 bits per heavy atom. The Bertz CT molecular complexity index is 700. The van der Waals surface area contributed by atoms with Gasteiger partial charge < -0.3 is 10.2 Å². The van der Waals surface area contributed by atoms with Crippen molar-refractivity contribution in [3.05, 3.63) is 71.5 Å². The monoisotopic (exact) mass is 340 g/mol. The SMILES string of the molecule is CCN(Cc1cccc(F)c1)C(=O)CNC(c1ccccc1)C1CC1. The van der Waals surface area contributed by atoms with E-state index < -0.39 is 0 Å². The van der Waals surface area contributed by atoms with Crippen LogP contribution in [0.1, 0.15) is 36.9 Å². The topological polar surface area (TPSA) is 32.3 Å². The Morgan fingerprint density at radius 3 is 2.60 bits per heavy atom. The molecule has 1 aliphatic carbocycles. The Labute approximate surface area is 148 Å². The van der Waals surface area contributed by atoms with Gasteiger partial charge in [-0.1, -0.05) is 42.5 Å². The van der Waals surface area contributed by atoms with E-state index in [1.165, 1.54) is 30.5 Å². The van der Waals surface area contributed by atoms with Gasteiger partial charge in [0.15, 0.2) is 0 Å². The maximum absolute atomic E-state index is 13.3. The predicted molar refractivity (Wildman–Crippen MR) is 97.4 cm³/mol. The van der Waals surface area contributed by atoms with E-state index in [9.17, 15) is 9.18 Å². The summed E-state index contributed by atoms with van der Waals surface area (Å²) in [5, 5.41) is 3.44. The van der Waals surface area contributed by atoms with Crippen LogP contribution in [0.2, 0.25) is 0 Å². The van der Waals surface area contributed by atoms with Gasteiger partial charge in [0.05, 0.1) is 6.54 Å². The fourth-order valence-electron chi connectivity index (χ4n) is 3.19. The molecule has 1 fully saturated rings. The summed E-state index contributed by atoms with van der Waals surface area (Å²) < 4.78 is 13.3. The fraction of sp³-hybridized carbons (Fsp3) is 0.381. The first kappa shape index (κ1) is 17.6. The van der Waals surface area contributed by atoms with Crippen LogP contribution in [0.3, 0.4) is 0 Å². The highest BCUT2D eigenvalue weighted by atomic mass is 19.1. The van der Waals surface area contributed by atoms with Gasteiger partial charge >= 0.3 is 0 Å². The lowest BCUT2D eigenvalue weighted by Crippen LogP contribution is -2.39. The molecule has 132 valence electrons. The van der Waals surface area contributed by atoms with Gasteiger partial charge in [-0.15, -0.1) is 0 Å². The molecule has 0 spiro atoms. The molecule has 1 N–H and O–H groups in total. The van der Waals surface area contributed by atoms with Crippen LogP contribution in [0.4, 0.5) is 4.39 Å². The summed E-state index contributed by atoms with van der Waals surface area (Å²) >= 11 is 0. The normalized spacial score (nSPS) is 15.0. The quantitative estimate of drug-likeness (QED) is 0.790. The average molecular weight is 340 g/mol. The third-order valence-corrected chi connectivity index (χ3v) is 4.72. The van der Waals surface area contributed by atoms with E-state index in [2.05, 4.69) is 17.4 Å². The van der Waals surface area contributed by atoms with Gasteiger partial charge in [-0.2, -0.15) is 0 Å². The Hall–Kier alpha value is -2.20. The van der Waals surface area contributed by atoms with E-state index in [0.29, 0.717) is 25.6 Å². The van der Waals surface area contributed by atoms with Gasteiger partial charge in [0.1, 0.15) is 5.82 Å². The largest absolute Gasteiger partial charge is 0.338 e. The molecular weight excluding hydrogens is 315 g/mol. The van der Waals surface area contributed by atoms with E-state index in [1.807, 2.05) is 31.2 Å². The third-order valence-electron chi connectivity index (χ3n) is 4.72. The minimum atomic E-state index is -0.267. The lowest BCUT2D eigenvalue weighted by Gasteiger charge is -2.24. The number of carbonyl (C=O) groups excluding carboxylic acids is 1. The molecule has 1 unspecified atom stereocenters. The molecule has 3 rings (SSSR count). The van der Waals surface area contributed by atoms with Gasteiger partial charge in [-0.05, 0) is 48.9 Å². The van der Waals surface area contributed by atoms with Crippen LogP contribution < -0.4 is 5.32 Å². The number of benzene rings is 2. The maximum atomic E-state index is 13.3. The van der Waals surface area contributed by atoms with Crippen molar-refractivity contribution in [1.29, 1.82) is 0 Å². The second-order valence-electron chi connectivity index (χ2n) is 6.64. The van der Waals surface area contributed by atoms with Crippen molar-refractivity contribution in [3.8, 4) is 0 Å². The van der Waals surface area contributed by atoms with Crippen molar-refractivity contribution >= 4 is 5.91 Å². The first-order chi connectivity index (χ1) is 12.2. The number of carbonyl (C=O) groups is 1. The van der Waals surface area contributed by atoms with Gasteiger partial charge in [0.2, 0.25) is 5.91 Å². The second kappa shape index (κ2) is 8.26. The van der Waals surface area contributed by atoms with E-state index in [1.54, 1.807) is 11.0 Å². The zero-order valence-electron chi connectivity index (χ0n) is 14.6. The van der Waals surface area contributed by atoms with Gasteiger partial charge in [0.25, 0.3) is 0 Å². The molecule has 0 aliphatic heterocycles.